The van der Waals surface area contributed by atoms with Crippen LogP contribution in [0, 0.1) is 5.92 Å². The van der Waals surface area contributed by atoms with E-state index in [1.165, 1.54) is 31.2 Å². The van der Waals surface area contributed by atoms with E-state index in [1.54, 1.807) is 14.2 Å². The van der Waals surface area contributed by atoms with Gasteiger partial charge in [0, 0.05) is 46.3 Å². The molecule has 3 rings (SSSR count). The molecule has 1 saturated heterocycles. The molecule has 0 unspecified atom stereocenters. The molecule has 1 saturated carbocycles. The van der Waals surface area contributed by atoms with Crippen LogP contribution in [-0.4, -0.2) is 69.8 Å². The van der Waals surface area contributed by atoms with E-state index in [9.17, 15) is 0 Å². The van der Waals surface area contributed by atoms with Gasteiger partial charge in [-0.3, -0.25) is 9.89 Å². The second-order valence-corrected chi connectivity index (χ2v) is 7.51. The van der Waals surface area contributed by atoms with E-state index < -0.39 is 0 Å². The molecular weight excluding hydrogens is 467 g/mol. The van der Waals surface area contributed by atoms with Crippen LogP contribution in [-0.2, 0) is 6.54 Å². The predicted octanol–water partition coefficient (Wildman–Crippen LogP) is 3.21. The third-order valence-corrected chi connectivity index (χ3v) is 5.51. The van der Waals surface area contributed by atoms with Crippen LogP contribution in [0.3, 0.4) is 0 Å². The number of rotatable bonds is 8. The van der Waals surface area contributed by atoms with E-state index in [0.717, 1.165) is 62.6 Å². The average molecular weight is 502 g/mol. The fourth-order valence-corrected chi connectivity index (χ4v) is 3.68. The molecule has 1 heterocycles. The van der Waals surface area contributed by atoms with Gasteiger partial charge in [-0.2, -0.15) is 0 Å². The summed E-state index contributed by atoms with van der Waals surface area (Å²) in [5.41, 5.74) is 1.25. The number of hydrogen-bond donors (Lipinski definition) is 1. The molecule has 1 aromatic carbocycles. The zero-order chi connectivity index (χ0) is 19.1. The third-order valence-electron chi connectivity index (χ3n) is 5.51. The van der Waals surface area contributed by atoms with Crippen molar-refractivity contribution < 1.29 is 9.47 Å². The number of benzene rings is 1. The minimum Gasteiger partial charge on any atom is -0.493 e. The number of hydrogen-bond acceptors (Lipinski definition) is 4. The fourth-order valence-electron chi connectivity index (χ4n) is 3.68. The first-order valence-corrected chi connectivity index (χ1v) is 10.1. The molecule has 0 atom stereocenters. The number of methoxy groups -OCH3 is 2. The summed E-state index contributed by atoms with van der Waals surface area (Å²) in [6.07, 6.45) is 5.50. The van der Waals surface area contributed by atoms with Gasteiger partial charge < -0.3 is 19.7 Å². The van der Waals surface area contributed by atoms with E-state index in [1.807, 2.05) is 13.1 Å². The third kappa shape index (κ3) is 6.69. The Hall–Kier alpha value is -1.22. The Kier molecular flexibility index (Phi) is 9.64. The van der Waals surface area contributed by atoms with Crippen LogP contribution in [0.5, 0.6) is 11.5 Å². The maximum absolute atomic E-state index is 5.42. The maximum atomic E-state index is 5.42. The highest BCUT2D eigenvalue weighted by atomic mass is 127. The molecule has 0 amide bonds. The molecule has 158 valence electrons. The Morgan fingerprint density at radius 3 is 2.43 bits per heavy atom. The standard InChI is InChI=1S/C21H34N4O2.HI/c1-22-21(23-10-4-5-17-6-7-17)25-13-11-24(12-14-25)16-18-8-9-19(26-2)20(15-18)27-3;/h8-9,15,17H,4-7,10-14,16H2,1-3H3,(H,22,23);1H. The van der Waals surface area contributed by atoms with E-state index in [2.05, 4.69) is 32.2 Å². The van der Waals surface area contributed by atoms with Gasteiger partial charge in [0.05, 0.1) is 14.2 Å². The molecule has 1 aliphatic heterocycles. The van der Waals surface area contributed by atoms with Gasteiger partial charge in [-0.25, -0.2) is 0 Å². The van der Waals surface area contributed by atoms with Gasteiger partial charge in [0.15, 0.2) is 17.5 Å². The van der Waals surface area contributed by atoms with Crippen molar-refractivity contribution in [2.45, 2.75) is 32.2 Å². The highest BCUT2D eigenvalue weighted by molar-refractivity contribution is 14.0. The van der Waals surface area contributed by atoms with Gasteiger partial charge in [-0.1, -0.05) is 18.9 Å². The number of nitrogens with one attached hydrogen (secondary N) is 1. The van der Waals surface area contributed by atoms with Crippen molar-refractivity contribution in [3.8, 4) is 11.5 Å². The highest BCUT2D eigenvalue weighted by Gasteiger charge is 2.22. The van der Waals surface area contributed by atoms with E-state index in [-0.39, 0.29) is 24.0 Å². The first kappa shape index (κ1) is 23.1. The number of guanidine groups is 1. The molecule has 0 bridgehead atoms. The molecule has 2 fully saturated rings. The van der Waals surface area contributed by atoms with Crippen LogP contribution in [0.15, 0.2) is 23.2 Å². The van der Waals surface area contributed by atoms with Crippen LogP contribution in [0.4, 0.5) is 0 Å². The van der Waals surface area contributed by atoms with Crippen molar-refractivity contribution >= 4 is 29.9 Å². The molecular formula is C21H35IN4O2. The molecule has 2 aliphatic rings. The molecule has 28 heavy (non-hydrogen) atoms. The first-order valence-electron chi connectivity index (χ1n) is 10.1. The van der Waals surface area contributed by atoms with Crippen molar-refractivity contribution in [3.63, 3.8) is 0 Å². The summed E-state index contributed by atoms with van der Waals surface area (Å²) in [6.45, 7) is 6.07. The second-order valence-electron chi connectivity index (χ2n) is 7.51. The smallest absolute Gasteiger partial charge is 0.193 e. The van der Waals surface area contributed by atoms with Gasteiger partial charge in [-0.15, -0.1) is 24.0 Å². The Balaban J connectivity index is 0.00000280. The predicted molar refractivity (Wildman–Crippen MR) is 125 cm³/mol. The molecule has 1 aliphatic carbocycles. The van der Waals surface area contributed by atoms with Crippen molar-refractivity contribution in [2.75, 3.05) is 54.0 Å². The van der Waals surface area contributed by atoms with Gasteiger partial charge in [-0.05, 0) is 36.5 Å². The number of nitrogens with zero attached hydrogens (tertiary/aromatic N) is 3. The molecule has 7 heteroatoms. The summed E-state index contributed by atoms with van der Waals surface area (Å²) in [5.74, 6) is 3.64. The van der Waals surface area contributed by atoms with Crippen LogP contribution >= 0.6 is 24.0 Å². The van der Waals surface area contributed by atoms with Gasteiger partial charge in [0.25, 0.3) is 0 Å². The minimum absolute atomic E-state index is 0. The highest BCUT2D eigenvalue weighted by Crippen LogP contribution is 2.33. The zero-order valence-corrected chi connectivity index (χ0v) is 19.8. The van der Waals surface area contributed by atoms with Gasteiger partial charge in [0.2, 0.25) is 0 Å². The summed E-state index contributed by atoms with van der Waals surface area (Å²) in [5, 5.41) is 3.54. The Bertz CT molecular complexity index is 629. The van der Waals surface area contributed by atoms with Crippen LogP contribution in [0.25, 0.3) is 0 Å². The lowest BCUT2D eigenvalue weighted by Crippen LogP contribution is -2.52. The van der Waals surface area contributed by atoms with Gasteiger partial charge >= 0.3 is 0 Å². The van der Waals surface area contributed by atoms with Crippen LogP contribution in [0.1, 0.15) is 31.2 Å². The molecule has 0 aromatic heterocycles. The first-order chi connectivity index (χ1) is 13.2. The van der Waals surface area contributed by atoms with E-state index >= 15 is 0 Å². The largest absolute Gasteiger partial charge is 0.493 e. The summed E-state index contributed by atoms with van der Waals surface area (Å²) in [4.78, 5) is 9.34. The molecule has 1 aromatic rings. The summed E-state index contributed by atoms with van der Waals surface area (Å²) >= 11 is 0. The quantitative estimate of drug-likeness (QED) is 0.256. The topological polar surface area (TPSA) is 49.3 Å². The monoisotopic (exact) mass is 502 g/mol. The normalized spacial score (nSPS) is 17.8. The van der Waals surface area contributed by atoms with E-state index in [0.29, 0.717) is 0 Å². The lowest BCUT2D eigenvalue weighted by Gasteiger charge is -2.36. The minimum atomic E-state index is 0. The maximum Gasteiger partial charge on any atom is 0.193 e. The summed E-state index contributed by atoms with van der Waals surface area (Å²) in [6, 6.07) is 6.18. The Labute approximate surface area is 186 Å². The lowest BCUT2D eigenvalue weighted by atomic mass is 10.1. The number of piperazine rings is 1. The zero-order valence-electron chi connectivity index (χ0n) is 17.4. The number of halogens is 1. The van der Waals surface area contributed by atoms with Crippen molar-refractivity contribution in [2.24, 2.45) is 10.9 Å². The van der Waals surface area contributed by atoms with Crippen molar-refractivity contribution in [3.05, 3.63) is 23.8 Å². The molecule has 6 nitrogen and oxygen atoms in total. The Morgan fingerprint density at radius 2 is 1.82 bits per heavy atom. The summed E-state index contributed by atoms with van der Waals surface area (Å²) in [7, 11) is 5.24. The number of aliphatic imine (C=N–C) groups is 1. The fraction of sp³-hybridized carbons (Fsp3) is 0.667. The molecule has 1 N–H and O–H groups in total. The second kappa shape index (κ2) is 11.7. The number of ether oxygens (including phenoxy) is 2. The van der Waals surface area contributed by atoms with Crippen LogP contribution < -0.4 is 14.8 Å². The van der Waals surface area contributed by atoms with E-state index in [4.69, 9.17) is 9.47 Å². The average Bonchev–Trinajstić information content (AvgIpc) is 3.53. The Morgan fingerprint density at radius 1 is 1.11 bits per heavy atom. The van der Waals surface area contributed by atoms with Crippen molar-refractivity contribution in [1.82, 2.24) is 15.1 Å². The van der Waals surface area contributed by atoms with Gasteiger partial charge in [0.1, 0.15) is 0 Å². The van der Waals surface area contributed by atoms with Crippen molar-refractivity contribution in [1.29, 1.82) is 0 Å². The molecule has 0 radical (unpaired) electrons. The van der Waals surface area contributed by atoms with Crippen LogP contribution in [0.2, 0.25) is 0 Å². The molecule has 0 spiro atoms. The summed E-state index contributed by atoms with van der Waals surface area (Å²) < 4.78 is 10.7. The SMILES string of the molecule is CN=C(NCCCC1CC1)N1CCN(Cc2ccc(OC)c(OC)c2)CC1.I. The lowest BCUT2D eigenvalue weighted by molar-refractivity contribution is 0.172.